The Morgan fingerprint density at radius 1 is 1.36 bits per heavy atom. The Balaban J connectivity index is 2.44. The van der Waals surface area contributed by atoms with Crippen LogP contribution in [0.25, 0.3) is 0 Å². The van der Waals surface area contributed by atoms with Gasteiger partial charge in [0.15, 0.2) is 0 Å². The molecule has 14 heavy (non-hydrogen) atoms. The van der Waals surface area contributed by atoms with Gasteiger partial charge in [-0.25, -0.2) is 0 Å². The standard InChI is InChI=1S/C11H15NO2/c12-9-11(14-7-6-13)8-10-4-2-1-3-5-10/h1-5,9,11-13H,6-8H2. The largest absolute Gasteiger partial charge is 0.394 e. The van der Waals surface area contributed by atoms with E-state index in [1.54, 1.807) is 0 Å². The van der Waals surface area contributed by atoms with Gasteiger partial charge in [0.1, 0.15) is 0 Å². The average Bonchev–Trinajstić information content (AvgIpc) is 2.25. The topological polar surface area (TPSA) is 53.3 Å². The number of rotatable bonds is 6. The van der Waals surface area contributed by atoms with Gasteiger partial charge in [-0.2, -0.15) is 0 Å². The quantitative estimate of drug-likeness (QED) is 0.668. The Hall–Kier alpha value is -1.19. The number of hydrogen-bond acceptors (Lipinski definition) is 3. The molecule has 1 aromatic carbocycles. The van der Waals surface area contributed by atoms with Crippen molar-refractivity contribution in [2.45, 2.75) is 12.5 Å². The Labute approximate surface area is 83.8 Å². The molecule has 0 spiro atoms. The zero-order chi connectivity index (χ0) is 10.2. The monoisotopic (exact) mass is 193 g/mol. The molecule has 0 amide bonds. The zero-order valence-electron chi connectivity index (χ0n) is 8.02. The molecule has 76 valence electrons. The Morgan fingerprint density at radius 2 is 2.07 bits per heavy atom. The summed E-state index contributed by atoms with van der Waals surface area (Å²) in [6, 6.07) is 9.87. The lowest BCUT2D eigenvalue weighted by Gasteiger charge is -2.11. The third-order valence-corrected chi connectivity index (χ3v) is 1.89. The molecular formula is C11H15NO2. The van der Waals surface area contributed by atoms with E-state index < -0.39 is 0 Å². The fraction of sp³-hybridized carbons (Fsp3) is 0.364. The first-order valence-corrected chi connectivity index (χ1v) is 4.64. The van der Waals surface area contributed by atoms with E-state index in [0.717, 1.165) is 5.56 Å². The molecule has 3 nitrogen and oxygen atoms in total. The number of benzene rings is 1. The van der Waals surface area contributed by atoms with E-state index in [0.29, 0.717) is 6.42 Å². The van der Waals surface area contributed by atoms with Crippen LogP contribution < -0.4 is 0 Å². The van der Waals surface area contributed by atoms with Crippen molar-refractivity contribution >= 4 is 6.21 Å². The third-order valence-electron chi connectivity index (χ3n) is 1.89. The molecule has 0 radical (unpaired) electrons. The van der Waals surface area contributed by atoms with Crippen LogP contribution in [0.3, 0.4) is 0 Å². The van der Waals surface area contributed by atoms with Crippen LogP contribution in [0, 0.1) is 5.41 Å². The first kappa shape index (κ1) is 10.9. The SMILES string of the molecule is N=CC(Cc1ccccc1)OCCO. The zero-order valence-corrected chi connectivity index (χ0v) is 8.02. The minimum Gasteiger partial charge on any atom is -0.394 e. The summed E-state index contributed by atoms with van der Waals surface area (Å²) in [6.45, 7) is 0.284. The van der Waals surface area contributed by atoms with Crippen molar-refractivity contribution in [2.24, 2.45) is 0 Å². The van der Waals surface area contributed by atoms with E-state index >= 15 is 0 Å². The Bertz CT molecular complexity index is 261. The summed E-state index contributed by atoms with van der Waals surface area (Å²) in [5.41, 5.74) is 1.14. The van der Waals surface area contributed by atoms with Crippen LogP contribution >= 0.6 is 0 Å². The molecule has 0 fully saturated rings. The third kappa shape index (κ3) is 3.68. The van der Waals surface area contributed by atoms with Gasteiger partial charge in [-0.3, -0.25) is 0 Å². The lowest BCUT2D eigenvalue weighted by Crippen LogP contribution is -2.19. The maximum absolute atomic E-state index is 8.58. The van der Waals surface area contributed by atoms with Crippen molar-refractivity contribution < 1.29 is 9.84 Å². The van der Waals surface area contributed by atoms with Gasteiger partial charge in [0.25, 0.3) is 0 Å². The highest BCUT2D eigenvalue weighted by atomic mass is 16.5. The minimum absolute atomic E-state index is 0.000863. The molecule has 1 aromatic rings. The van der Waals surface area contributed by atoms with Crippen LogP contribution in [0.2, 0.25) is 0 Å². The molecule has 2 N–H and O–H groups in total. The molecule has 0 aliphatic heterocycles. The van der Waals surface area contributed by atoms with E-state index in [-0.39, 0.29) is 19.3 Å². The summed E-state index contributed by atoms with van der Waals surface area (Å²) >= 11 is 0. The van der Waals surface area contributed by atoms with Gasteiger partial charge >= 0.3 is 0 Å². The summed E-state index contributed by atoms with van der Waals surface area (Å²) in [7, 11) is 0. The van der Waals surface area contributed by atoms with Crippen molar-refractivity contribution in [3.63, 3.8) is 0 Å². The van der Waals surface area contributed by atoms with Crippen LogP contribution in [0.15, 0.2) is 30.3 Å². The van der Waals surface area contributed by atoms with Crippen molar-refractivity contribution in [1.29, 1.82) is 5.41 Å². The van der Waals surface area contributed by atoms with Crippen molar-refractivity contribution in [3.8, 4) is 0 Å². The molecule has 0 aromatic heterocycles. The van der Waals surface area contributed by atoms with Crippen LogP contribution in [-0.4, -0.2) is 30.6 Å². The number of aliphatic hydroxyl groups excluding tert-OH is 1. The van der Waals surface area contributed by atoms with Gasteiger partial charge in [0.2, 0.25) is 0 Å². The number of aliphatic hydroxyl groups is 1. The Kier molecular flexibility index (Phi) is 4.89. The van der Waals surface area contributed by atoms with Crippen molar-refractivity contribution in [1.82, 2.24) is 0 Å². The summed E-state index contributed by atoms with van der Waals surface area (Å²) in [6.07, 6.45) is 1.72. The summed E-state index contributed by atoms with van der Waals surface area (Å²) in [4.78, 5) is 0. The predicted octanol–water partition coefficient (Wildman–Crippen LogP) is 1.26. The molecule has 0 heterocycles. The molecule has 1 atom stereocenters. The molecule has 0 bridgehead atoms. The second-order valence-electron chi connectivity index (χ2n) is 2.99. The van der Waals surface area contributed by atoms with E-state index in [4.69, 9.17) is 15.3 Å². The van der Waals surface area contributed by atoms with Crippen LogP contribution in [0.5, 0.6) is 0 Å². The lowest BCUT2D eigenvalue weighted by molar-refractivity contribution is 0.0668. The van der Waals surface area contributed by atoms with E-state index in [1.807, 2.05) is 30.3 Å². The van der Waals surface area contributed by atoms with Gasteiger partial charge < -0.3 is 15.3 Å². The predicted molar refractivity (Wildman–Crippen MR) is 55.8 cm³/mol. The second-order valence-corrected chi connectivity index (χ2v) is 2.99. The number of ether oxygens (including phenoxy) is 1. The first-order valence-electron chi connectivity index (χ1n) is 4.64. The van der Waals surface area contributed by atoms with Crippen LogP contribution in [0.4, 0.5) is 0 Å². The van der Waals surface area contributed by atoms with E-state index in [1.165, 1.54) is 6.21 Å². The van der Waals surface area contributed by atoms with Gasteiger partial charge in [-0.15, -0.1) is 0 Å². The van der Waals surface area contributed by atoms with Crippen molar-refractivity contribution in [2.75, 3.05) is 13.2 Å². The molecule has 0 saturated carbocycles. The second kappa shape index (κ2) is 6.29. The molecule has 3 heteroatoms. The van der Waals surface area contributed by atoms with E-state index in [2.05, 4.69) is 0 Å². The van der Waals surface area contributed by atoms with Gasteiger partial charge in [-0.1, -0.05) is 30.3 Å². The molecule has 0 aliphatic rings. The van der Waals surface area contributed by atoms with E-state index in [9.17, 15) is 0 Å². The number of nitrogens with one attached hydrogen (secondary N) is 1. The van der Waals surface area contributed by atoms with Gasteiger partial charge in [0.05, 0.1) is 19.3 Å². The summed E-state index contributed by atoms with van der Waals surface area (Å²) in [5, 5.41) is 15.7. The van der Waals surface area contributed by atoms with Crippen molar-refractivity contribution in [3.05, 3.63) is 35.9 Å². The molecular weight excluding hydrogens is 178 g/mol. The highest BCUT2D eigenvalue weighted by molar-refractivity contribution is 5.59. The normalized spacial score (nSPS) is 12.4. The molecule has 1 rings (SSSR count). The maximum Gasteiger partial charge on any atom is 0.0960 e. The maximum atomic E-state index is 8.58. The fourth-order valence-electron chi connectivity index (χ4n) is 1.22. The fourth-order valence-corrected chi connectivity index (χ4v) is 1.22. The molecule has 0 aliphatic carbocycles. The van der Waals surface area contributed by atoms with Crippen LogP contribution in [0.1, 0.15) is 5.56 Å². The molecule has 1 unspecified atom stereocenters. The lowest BCUT2D eigenvalue weighted by atomic mass is 10.1. The van der Waals surface area contributed by atoms with Crippen LogP contribution in [-0.2, 0) is 11.2 Å². The average molecular weight is 193 g/mol. The number of hydrogen-bond donors (Lipinski definition) is 2. The van der Waals surface area contributed by atoms with Gasteiger partial charge in [0, 0.05) is 12.6 Å². The summed E-state index contributed by atoms with van der Waals surface area (Å²) in [5.74, 6) is 0. The smallest absolute Gasteiger partial charge is 0.0960 e. The summed E-state index contributed by atoms with van der Waals surface area (Å²) < 4.78 is 5.25. The minimum atomic E-state index is -0.232. The highest BCUT2D eigenvalue weighted by Gasteiger charge is 2.05. The Morgan fingerprint density at radius 3 is 2.64 bits per heavy atom. The highest BCUT2D eigenvalue weighted by Crippen LogP contribution is 2.04. The molecule has 0 saturated heterocycles. The first-order chi connectivity index (χ1) is 6.86. The van der Waals surface area contributed by atoms with Gasteiger partial charge in [-0.05, 0) is 5.56 Å².